The molecule has 1 aromatic carbocycles. The number of hydrogen-bond donors (Lipinski definition) is 1. The lowest BCUT2D eigenvalue weighted by Gasteiger charge is -2.31. The first kappa shape index (κ1) is 16.3. The molecule has 1 heterocycles. The number of benzene rings is 1. The van der Waals surface area contributed by atoms with Gasteiger partial charge in [0.15, 0.2) is 0 Å². The van der Waals surface area contributed by atoms with E-state index in [4.69, 9.17) is 10.5 Å². The lowest BCUT2D eigenvalue weighted by Crippen LogP contribution is -2.38. The molecule has 0 aliphatic carbocycles. The van der Waals surface area contributed by atoms with Crippen molar-refractivity contribution in [3.63, 3.8) is 0 Å². The van der Waals surface area contributed by atoms with E-state index in [0.717, 1.165) is 44.3 Å². The summed E-state index contributed by atoms with van der Waals surface area (Å²) in [7, 11) is 0. The number of ether oxygens (including phenoxy) is 1. The molecule has 2 amide bonds. The fourth-order valence-corrected chi connectivity index (χ4v) is 2.78. The van der Waals surface area contributed by atoms with E-state index in [2.05, 4.69) is 0 Å². The number of likely N-dealkylation sites (tertiary alicyclic amines) is 1. The Bertz CT molecular complexity index is 482. The number of amides is 2. The minimum atomic E-state index is -0.237. The van der Waals surface area contributed by atoms with Crippen molar-refractivity contribution in [2.75, 3.05) is 13.1 Å². The molecule has 0 atom stereocenters. The van der Waals surface area contributed by atoms with Crippen LogP contribution >= 0.6 is 0 Å². The van der Waals surface area contributed by atoms with E-state index in [1.54, 1.807) is 4.90 Å². The fourth-order valence-electron chi connectivity index (χ4n) is 2.78. The molecular weight excluding hydrogens is 280 g/mol. The molecule has 1 aromatic rings. The van der Waals surface area contributed by atoms with Crippen molar-refractivity contribution < 1.29 is 14.3 Å². The fraction of sp³-hybridized carbons (Fsp3) is 0.529. The molecule has 2 N–H and O–H groups in total. The number of carbonyl (C=O) groups excluding carboxylic acids is 2. The Kier molecular flexibility index (Phi) is 6.25. The number of rotatable bonds is 6. The highest BCUT2D eigenvalue weighted by Gasteiger charge is 2.23. The zero-order valence-corrected chi connectivity index (χ0v) is 12.9. The van der Waals surface area contributed by atoms with E-state index in [-0.39, 0.29) is 12.0 Å². The van der Waals surface area contributed by atoms with Crippen LogP contribution in [0, 0.1) is 5.92 Å². The van der Waals surface area contributed by atoms with Crippen molar-refractivity contribution in [2.24, 2.45) is 11.7 Å². The van der Waals surface area contributed by atoms with Crippen LogP contribution in [0.4, 0.5) is 4.79 Å². The Morgan fingerprint density at radius 3 is 2.50 bits per heavy atom. The molecule has 0 saturated carbocycles. The maximum Gasteiger partial charge on any atom is 0.410 e. The van der Waals surface area contributed by atoms with Crippen molar-refractivity contribution in [3.8, 4) is 0 Å². The summed E-state index contributed by atoms with van der Waals surface area (Å²) in [4.78, 5) is 24.5. The van der Waals surface area contributed by atoms with Crippen LogP contribution in [-0.2, 0) is 16.1 Å². The second kappa shape index (κ2) is 8.41. The Hall–Kier alpha value is -2.04. The molecule has 0 spiro atoms. The summed E-state index contributed by atoms with van der Waals surface area (Å²) >= 11 is 0. The molecule has 0 aromatic heterocycles. The third-order valence-electron chi connectivity index (χ3n) is 4.11. The lowest BCUT2D eigenvalue weighted by atomic mass is 9.92. The Morgan fingerprint density at radius 1 is 1.18 bits per heavy atom. The number of nitrogens with two attached hydrogens (primary N) is 1. The minimum absolute atomic E-state index is 0.234. The van der Waals surface area contributed by atoms with Gasteiger partial charge in [0, 0.05) is 19.5 Å². The van der Waals surface area contributed by atoms with E-state index >= 15 is 0 Å². The second-order valence-corrected chi connectivity index (χ2v) is 5.83. The predicted octanol–water partition coefficient (Wildman–Crippen LogP) is 2.69. The summed E-state index contributed by atoms with van der Waals surface area (Å²) in [5.74, 6) is 0.347. The van der Waals surface area contributed by atoms with E-state index < -0.39 is 0 Å². The third-order valence-corrected chi connectivity index (χ3v) is 4.11. The molecule has 1 aliphatic heterocycles. The van der Waals surface area contributed by atoms with Gasteiger partial charge in [0.25, 0.3) is 0 Å². The van der Waals surface area contributed by atoms with Crippen molar-refractivity contribution >= 4 is 12.0 Å². The van der Waals surface area contributed by atoms with Gasteiger partial charge >= 0.3 is 6.09 Å². The normalized spacial score (nSPS) is 15.5. The van der Waals surface area contributed by atoms with Gasteiger partial charge in [-0.05, 0) is 37.2 Å². The van der Waals surface area contributed by atoms with Crippen LogP contribution in [-0.4, -0.2) is 30.0 Å². The third kappa shape index (κ3) is 5.39. The number of nitrogens with zero attached hydrogens (tertiary/aromatic N) is 1. The first-order chi connectivity index (χ1) is 10.6. The number of primary amides is 1. The highest BCUT2D eigenvalue weighted by atomic mass is 16.6. The molecule has 1 saturated heterocycles. The van der Waals surface area contributed by atoms with Gasteiger partial charge in [0.05, 0.1) is 0 Å². The van der Waals surface area contributed by atoms with Crippen LogP contribution in [0.3, 0.4) is 0 Å². The zero-order valence-electron chi connectivity index (χ0n) is 12.9. The molecule has 5 nitrogen and oxygen atoms in total. The van der Waals surface area contributed by atoms with Gasteiger partial charge in [-0.2, -0.15) is 0 Å². The topological polar surface area (TPSA) is 72.6 Å². The maximum absolute atomic E-state index is 12.0. The SMILES string of the molecule is NC(=O)CCCC1CCN(C(=O)OCc2ccccc2)CC1. The maximum atomic E-state index is 12.0. The summed E-state index contributed by atoms with van der Waals surface area (Å²) in [6.45, 7) is 1.78. The van der Waals surface area contributed by atoms with E-state index in [1.165, 1.54) is 0 Å². The minimum Gasteiger partial charge on any atom is -0.445 e. The average Bonchev–Trinajstić information content (AvgIpc) is 2.54. The van der Waals surface area contributed by atoms with Crippen molar-refractivity contribution in [3.05, 3.63) is 35.9 Å². The van der Waals surface area contributed by atoms with Crippen LogP contribution in [0.15, 0.2) is 30.3 Å². The zero-order chi connectivity index (χ0) is 15.8. The number of hydrogen-bond acceptors (Lipinski definition) is 3. The van der Waals surface area contributed by atoms with Gasteiger partial charge in [0.1, 0.15) is 6.61 Å². The quantitative estimate of drug-likeness (QED) is 0.878. The molecule has 22 heavy (non-hydrogen) atoms. The molecule has 0 radical (unpaired) electrons. The standard InChI is InChI=1S/C17H24N2O3/c18-16(20)8-4-7-14-9-11-19(12-10-14)17(21)22-13-15-5-2-1-3-6-15/h1-3,5-6,14H,4,7-13H2,(H2,18,20). The van der Waals surface area contributed by atoms with Crippen molar-refractivity contribution in [2.45, 2.75) is 38.7 Å². The van der Waals surface area contributed by atoms with Crippen LogP contribution < -0.4 is 5.73 Å². The highest BCUT2D eigenvalue weighted by molar-refractivity contribution is 5.73. The molecule has 2 rings (SSSR count). The second-order valence-electron chi connectivity index (χ2n) is 5.83. The summed E-state index contributed by atoms with van der Waals surface area (Å²) < 4.78 is 5.34. The Morgan fingerprint density at radius 2 is 1.86 bits per heavy atom. The van der Waals surface area contributed by atoms with E-state index in [1.807, 2.05) is 30.3 Å². The van der Waals surface area contributed by atoms with Crippen molar-refractivity contribution in [1.29, 1.82) is 0 Å². The first-order valence-electron chi connectivity index (χ1n) is 7.89. The van der Waals surface area contributed by atoms with Gasteiger partial charge < -0.3 is 15.4 Å². The summed E-state index contributed by atoms with van der Waals surface area (Å²) in [5.41, 5.74) is 6.14. The molecule has 5 heteroatoms. The summed E-state index contributed by atoms with van der Waals surface area (Å²) in [5, 5.41) is 0. The van der Waals surface area contributed by atoms with Gasteiger partial charge in [-0.3, -0.25) is 4.79 Å². The molecular formula is C17H24N2O3. The van der Waals surface area contributed by atoms with Gasteiger partial charge in [-0.1, -0.05) is 30.3 Å². The molecule has 120 valence electrons. The largest absolute Gasteiger partial charge is 0.445 e. The van der Waals surface area contributed by atoms with Gasteiger partial charge in [0.2, 0.25) is 5.91 Å². The summed E-state index contributed by atoms with van der Waals surface area (Å²) in [6.07, 6.45) is 4.02. The first-order valence-corrected chi connectivity index (χ1v) is 7.89. The smallest absolute Gasteiger partial charge is 0.410 e. The van der Waals surface area contributed by atoms with E-state index in [9.17, 15) is 9.59 Å². The van der Waals surface area contributed by atoms with E-state index in [0.29, 0.717) is 18.9 Å². The predicted molar refractivity (Wildman–Crippen MR) is 84.0 cm³/mol. The molecule has 1 aliphatic rings. The number of carbonyl (C=O) groups is 2. The average molecular weight is 304 g/mol. The molecule has 0 unspecified atom stereocenters. The van der Waals surface area contributed by atoms with Gasteiger partial charge in [-0.15, -0.1) is 0 Å². The van der Waals surface area contributed by atoms with Crippen LogP contribution in [0.5, 0.6) is 0 Å². The van der Waals surface area contributed by atoms with Crippen molar-refractivity contribution in [1.82, 2.24) is 4.90 Å². The van der Waals surface area contributed by atoms with Crippen LogP contribution in [0.2, 0.25) is 0 Å². The van der Waals surface area contributed by atoms with Crippen LogP contribution in [0.25, 0.3) is 0 Å². The highest BCUT2D eigenvalue weighted by Crippen LogP contribution is 2.23. The Balaban J connectivity index is 1.65. The summed E-state index contributed by atoms with van der Waals surface area (Å²) in [6, 6.07) is 9.69. The lowest BCUT2D eigenvalue weighted by molar-refractivity contribution is -0.118. The van der Waals surface area contributed by atoms with Gasteiger partial charge in [-0.25, -0.2) is 4.79 Å². The monoisotopic (exact) mass is 304 g/mol. The molecule has 0 bridgehead atoms. The molecule has 1 fully saturated rings. The van der Waals surface area contributed by atoms with Crippen LogP contribution in [0.1, 0.15) is 37.7 Å². The number of piperidine rings is 1. The Labute approximate surface area is 131 Å².